The van der Waals surface area contributed by atoms with Crippen molar-refractivity contribution in [1.82, 2.24) is 10.3 Å². The van der Waals surface area contributed by atoms with Gasteiger partial charge in [-0.3, -0.25) is 4.79 Å². The predicted molar refractivity (Wildman–Crippen MR) is 74.8 cm³/mol. The van der Waals surface area contributed by atoms with E-state index in [1.165, 1.54) is 0 Å². The van der Waals surface area contributed by atoms with Gasteiger partial charge in [0.05, 0.1) is 5.56 Å². The number of aromatic nitrogens is 1. The Morgan fingerprint density at radius 2 is 2.17 bits per heavy atom. The molecular weight excluding hydrogens is 226 g/mol. The molecule has 0 fully saturated rings. The Bertz CT molecular complexity index is 360. The van der Waals surface area contributed by atoms with Gasteiger partial charge in [0, 0.05) is 19.3 Å². The first kappa shape index (κ1) is 14.5. The second-order valence-electron chi connectivity index (χ2n) is 4.75. The highest BCUT2D eigenvalue weighted by molar-refractivity contribution is 5.93. The molecule has 1 rings (SSSR count). The molecule has 18 heavy (non-hydrogen) atoms. The van der Waals surface area contributed by atoms with Gasteiger partial charge in [-0.15, -0.1) is 0 Å². The van der Waals surface area contributed by atoms with Crippen molar-refractivity contribution in [3.8, 4) is 0 Å². The summed E-state index contributed by atoms with van der Waals surface area (Å²) in [6.07, 6.45) is 3.76. The van der Waals surface area contributed by atoms with Crippen molar-refractivity contribution in [2.75, 3.05) is 18.4 Å². The average Bonchev–Trinajstić information content (AvgIpc) is 2.35. The maximum atomic E-state index is 11.8. The van der Waals surface area contributed by atoms with E-state index in [2.05, 4.69) is 29.5 Å². The van der Waals surface area contributed by atoms with Crippen LogP contribution in [0.2, 0.25) is 0 Å². The fourth-order valence-electron chi connectivity index (χ4n) is 1.63. The Morgan fingerprint density at radius 3 is 2.72 bits per heavy atom. The SMILES string of the molecule is CCNc1ccc(C(=O)NCCCC(C)C)cn1. The van der Waals surface area contributed by atoms with Crippen LogP contribution in [0.1, 0.15) is 44.0 Å². The standard InChI is InChI=1S/C14H23N3O/c1-4-15-13-8-7-12(10-17-13)14(18)16-9-5-6-11(2)3/h7-8,10-11H,4-6,9H2,1-3H3,(H,15,17)(H,16,18). The zero-order valence-corrected chi connectivity index (χ0v) is 11.5. The summed E-state index contributed by atoms with van der Waals surface area (Å²) in [6, 6.07) is 3.62. The molecule has 4 nitrogen and oxygen atoms in total. The molecule has 0 saturated heterocycles. The lowest BCUT2D eigenvalue weighted by atomic mass is 10.1. The molecule has 0 aliphatic rings. The van der Waals surface area contributed by atoms with Gasteiger partial charge in [-0.05, 0) is 37.8 Å². The summed E-state index contributed by atoms with van der Waals surface area (Å²) >= 11 is 0. The number of carbonyl (C=O) groups excluding carboxylic acids is 1. The van der Waals surface area contributed by atoms with Crippen LogP contribution in [0.15, 0.2) is 18.3 Å². The number of carbonyl (C=O) groups is 1. The van der Waals surface area contributed by atoms with Crippen molar-refractivity contribution in [3.63, 3.8) is 0 Å². The number of nitrogens with one attached hydrogen (secondary N) is 2. The Kier molecular flexibility index (Phi) is 6.19. The van der Waals surface area contributed by atoms with Gasteiger partial charge < -0.3 is 10.6 Å². The van der Waals surface area contributed by atoms with Crippen LogP contribution in [0.5, 0.6) is 0 Å². The van der Waals surface area contributed by atoms with Crippen molar-refractivity contribution in [1.29, 1.82) is 0 Å². The number of amides is 1. The van der Waals surface area contributed by atoms with Crippen LogP contribution >= 0.6 is 0 Å². The van der Waals surface area contributed by atoms with Crippen molar-refractivity contribution in [2.24, 2.45) is 5.92 Å². The zero-order chi connectivity index (χ0) is 13.4. The van der Waals surface area contributed by atoms with Gasteiger partial charge in [-0.1, -0.05) is 13.8 Å². The molecule has 1 amide bonds. The molecule has 100 valence electrons. The molecule has 0 saturated carbocycles. The molecule has 1 aromatic heterocycles. The Labute approximate surface area is 109 Å². The molecule has 0 bridgehead atoms. The first-order valence-electron chi connectivity index (χ1n) is 6.61. The average molecular weight is 249 g/mol. The monoisotopic (exact) mass is 249 g/mol. The van der Waals surface area contributed by atoms with Gasteiger partial charge in [-0.25, -0.2) is 4.98 Å². The van der Waals surface area contributed by atoms with Crippen LogP contribution in [0.25, 0.3) is 0 Å². The van der Waals surface area contributed by atoms with E-state index in [4.69, 9.17) is 0 Å². The van der Waals surface area contributed by atoms with Crippen molar-refractivity contribution >= 4 is 11.7 Å². The highest BCUT2D eigenvalue weighted by atomic mass is 16.1. The second-order valence-corrected chi connectivity index (χ2v) is 4.75. The molecule has 0 aliphatic carbocycles. The summed E-state index contributed by atoms with van der Waals surface area (Å²) in [4.78, 5) is 16.0. The normalized spacial score (nSPS) is 10.4. The number of nitrogens with zero attached hydrogens (tertiary/aromatic N) is 1. The van der Waals surface area contributed by atoms with Gasteiger partial charge in [0.25, 0.3) is 5.91 Å². The second kappa shape index (κ2) is 7.69. The number of hydrogen-bond donors (Lipinski definition) is 2. The highest BCUT2D eigenvalue weighted by Crippen LogP contribution is 2.05. The molecule has 4 heteroatoms. The molecular formula is C14H23N3O. The number of pyridine rings is 1. The fourth-order valence-corrected chi connectivity index (χ4v) is 1.63. The van der Waals surface area contributed by atoms with Gasteiger partial charge in [0.1, 0.15) is 5.82 Å². The lowest BCUT2D eigenvalue weighted by Gasteiger charge is -2.07. The molecule has 1 heterocycles. The van der Waals surface area contributed by atoms with Crippen LogP contribution in [0.4, 0.5) is 5.82 Å². The van der Waals surface area contributed by atoms with Crippen LogP contribution in [0.3, 0.4) is 0 Å². The van der Waals surface area contributed by atoms with E-state index < -0.39 is 0 Å². The molecule has 0 spiro atoms. The van der Waals surface area contributed by atoms with E-state index in [1.54, 1.807) is 12.3 Å². The molecule has 1 aromatic rings. The van der Waals surface area contributed by atoms with E-state index in [-0.39, 0.29) is 5.91 Å². The van der Waals surface area contributed by atoms with Gasteiger partial charge in [-0.2, -0.15) is 0 Å². The van der Waals surface area contributed by atoms with Crippen LogP contribution in [-0.4, -0.2) is 24.0 Å². The molecule has 0 aliphatic heterocycles. The van der Waals surface area contributed by atoms with Crippen LogP contribution in [-0.2, 0) is 0 Å². The smallest absolute Gasteiger partial charge is 0.252 e. The van der Waals surface area contributed by atoms with Gasteiger partial charge in [0.2, 0.25) is 0 Å². The minimum atomic E-state index is -0.0469. The van der Waals surface area contributed by atoms with Crippen LogP contribution < -0.4 is 10.6 Å². The summed E-state index contributed by atoms with van der Waals surface area (Å²) in [6.45, 7) is 7.94. The lowest BCUT2D eigenvalue weighted by molar-refractivity contribution is 0.0952. The molecule has 0 radical (unpaired) electrons. The number of anilines is 1. The lowest BCUT2D eigenvalue weighted by Crippen LogP contribution is -2.24. The van der Waals surface area contributed by atoms with E-state index >= 15 is 0 Å². The Hall–Kier alpha value is -1.58. The zero-order valence-electron chi connectivity index (χ0n) is 11.5. The van der Waals surface area contributed by atoms with E-state index in [9.17, 15) is 4.79 Å². The summed E-state index contributed by atoms with van der Waals surface area (Å²) in [5.41, 5.74) is 0.612. The quantitative estimate of drug-likeness (QED) is 0.730. The summed E-state index contributed by atoms with van der Waals surface area (Å²) < 4.78 is 0. The third-order valence-electron chi connectivity index (χ3n) is 2.63. The molecule has 0 atom stereocenters. The number of rotatable bonds is 7. The van der Waals surface area contributed by atoms with E-state index in [0.29, 0.717) is 11.5 Å². The van der Waals surface area contributed by atoms with Crippen LogP contribution in [0, 0.1) is 5.92 Å². The summed E-state index contributed by atoms with van der Waals surface area (Å²) in [5.74, 6) is 1.44. The van der Waals surface area contributed by atoms with Gasteiger partial charge in [0.15, 0.2) is 0 Å². The molecule has 2 N–H and O–H groups in total. The third-order valence-corrected chi connectivity index (χ3v) is 2.63. The van der Waals surface area contributed by atoms with E-state index in [1.807, 2.05) is 13.0 Å². The molecule has 0 aromatic carbocycles. The minimum Gasteiger partial charge on any atom is -0.370 e. The predicted octanol–water partition coefficient (Wildman–Crippen LogP) is 2.68. The van der Waals surface area contributed by atoms with Crippen molar-refractivity contribution in [2.45, 2.75) is 33.6 Å². The topological polar surface area (TPSA) is 54.0 Å². The van der Waals surface area contributed by atoms with E-state index in [0.717, 1.165) is 31.7 Å². The first-order valence-corrected chi connectivity index (χ1v) is 6.61. The maximum absolute atomic E-state index is 11.8. The summed E-state index contributed by atoms with van der Waals surface area (Å²) in [5, 5.41) is 6.00. The largest absolute Gasteiger partial charge is 0.370 e. The highest BCUT2D eigenvalue weighted by Gasteiger charge is 2.05. The fraction of sp³-hybridized carbons (Fsp3) is 0.571. The maximum Gasteiger partial charge on any atom is 0.252 e. The number of hydrogen-bond acceptors (Lipinski definition) is 3. The minimum absolute atomic E-state index is 0.0469. The van der Waals surface area contributed by atoms with Gasteiger partial charge >= 0.3 is 0 Å². The van der Waals surface area contributed by atoms with Crippen molar-refractivity contribution < 1.29 is 4.79 Å². The third kappa shape index (κ3) is 5.17. The van der Waals surface area contributed by atoms with Crippen molar-refractivity contribution in [3.05, 3.63) is 23.9 Å². The summed E-state index contributed by atoms with van der Waals surface area (Å²) in [7, 11) is 0. The first-order chi connectivity index (χ1) is 8.63. The molecule has 0 unspecified atom stereocenters. The Morgan fingerprint density at radius 1 is 1.39 bits per heavy atom. The Balaban J connectivity index is 2.37.